The minimum absolute atomic E-state index is 0.126. The van der Waals surface area contributed by atoms with Crippen molar-refractivity contribution in [2.75, 3.05) is 0 Å². The Kier molecular flexibility index (Phi) is 5.53. The third kappa shape index (κ3) is 3.70. The van der Waals surface area contributed by atoms with Gasteiger partial charge < -0.3 is 4.57 Å². The van der Waals surface area contributed by atoms with Gasteiger partial charge in [-0.25, -0.2) is 0 Å². The van der Waals surface area contributed by atoms with Gasteiger partial charge in [0.1, 0.15) is 0 Å². The molecule has 1 atom stereocenters. The summed E-state index contributed by atoms with van der Waals surface area (Å²) in [7, 11) is -2.66. The van der Waals surface area contributed by atoms with E-state index in [1.54, 1.807) is 43.3 Å². The molecule has 0 fully saturated rings. The van der Waals surface area contributed by atoms with Gasteiger partial charge in [0, 0.05) is 22.0 Å². The van der Waals surface area contributed by atoms with Crippen LogP contribution in [0.15, 0.2) is 66.7 Å². The van der Waals surface area contributed by atoms with Crippen molar-refractivity contribution in [1.29, 1.82) is 0 Å². The number of carbonyl (C=O) groups is 2. The molecular weight excluding hydrogens is 355 g/mol. The van der Waals surface area contributed by atoms with Crippen LogP contribution < -0.4 is 5.30 Å². The van der Waals surface area contributed by atoms with Gasteiger partial charge in [-0.3, -0.25) is 9.59 Å². The third-order valence-corrected chi connectivity index (χ3v) is 6.22. The predicted molar refractivity (Wildman–Crippen MR) is 110 cm³/mol. The first-order valence-corrected chi connectivity index (χ1v) is 10.2. The number of benzene rings is 3. The van der Waals surface area contributed by atoms with Crippen LogP contribution in [0.3, 0.4) is 0 Å². The summed E-state index contributed by atoms with van der Waals surface area (Å²) in [5.41, 5.74) is 3.24. The van der Waals surface area contributed by atoms with Gasteiger partial charge in [0.25, 0.3) is 0 Å². The zero-order chi connectivity index (χ0) is 19.6. The zero-order valence-electron chi connectivity index (χ0n) is 15.6. The first-order valence-electron chi connectivity index (χ1n) is 8.76. The molecule has 0 aliphatic heterocycles. The molecule has 0 aliphatic rings. The van der Waals surface area contributed by atoms with Crippen LogP contribution in [0.5, 0.6) is 0 Å². The van der Waals surface area contributed by atoms with Gasteiger partial charge in [0.05, 0.1) is 0 Å². The monoisotopic (exact) mass is 376 g/mol. The highest BCUT2D eigenvalue weighted by molar-refractivity contribution is 7.71. The molecule has 1 unspecified atom stereocenters. The highest BCUT2D eigenvalue weighted by Crippen LogP contribution is 2.33. The summed E-state index contributed by atoms with van der Waals surface area (Å²) >= 11 is 0. The molecule has 0 N–H and O–H groups in total. The minimum Gasteiger partial charge on any atom is -0.313 e. The number of ketones is 1. The molecule has 0 saturated carbocycles. The van der Waals surface area contributed by atoms with Gasteiger partial charge in [-0.05, 0) is 37.5 Å². The maximum atomic E-state index is 13.0. The van der Waals surface area contributed by atoms with E-state index in [1.165, 1.54) is 0 Å². The van der Waals surface area contributed by atoms with Crippen LogP contribution in [0, 0.1) is 20.8 Å². The first kappa shape index (κ1) is 19.0. The first-order chi connectivity index (χ1) is 12.9. The van der Waals surface area contributed by atoms with E-state index in [-0.39, 0.29) is 5.78 Å². The maximum absolute atomic E-state index is 13.0. The maximum Gasteiger partial charge on any atom is 0.223 e. The molecule has 0 heterocycles. The van der Waals surface area contributed by atoms with Crippen molar-refractivity contribution in [3.63, 3.8) is 0 Å². The number of hydrogen-bond acceptors (Lipinski definition) is 3. The average molecular weight is 376 g/mol. The van der Waals surface area contributed by atoms with Crippen molar-refractivity contribution in [3.05, 3.63) is 100 Å². The number of aryl methyl sites for hydroxylation is 2. The van der Waals surface area contributed by atoms with Crippen LogP contribution in [0.25, 0.3) is 0 Å². The molecule has 0 spiro atoms. The molecule has 3 aromatic carbocycles. The molecule has 27 heavy (non-hydrogen) atoms. The second kappa shape index (κ2) is 7.85. The lowest BCUT2D eigenvalue weighted by atomic mass is 9.89. The summed E-state index contributed by atoms with van der Waals surface area (Å²) in [5.74, 6) is -0.126. The van der Waals surface area contributed by atoms with Crippen molar-refractivity contribution in [3.8, 4) is 0 Å². The van der Waals surface area contributed by atoms with E-state index in [0.29, 0.717) is 27.6 Å². The summed E-state index contributed by atoms with van der Waals surface area (Å²) < 4.78 is 12.8. The Hall–Kier alpha value is -2.77. The molecule has 0 bridgehead atoms. The summed E-state index contributed by atoms with van der Waals surface area (Å²) in [6.07, 6.45) is 0. The summed E-state index contributed by atoms with van der Waals surface area (Å²) in [6, 6.07) is 19.6. The smallest absolute Gasteiger partial charge is 0.223 e. The summed E-state index contributed by atoms with van der Waals surface area (Å²) in [4.78, 5) is 26.1. The van der Waals surface area contributed by atoms with Crippen LogP contribution in [0.1, 0.15) is 43.0 Å². The van der Waals surface area contributed by atoms with E-state index in [1.807, 2.05) is 44.2 Å². The zero-order valence-corrected chi connectivity index (χ0v) is 16.6. The molecule has 4 heteroatoms. The van der Waals surface area contributed by atoms with Crippen LogP contribution in [-0.4, -0.2) is 11.3 Å². The van der Waals surface area contributed by atoms with Crippen LogP contribution >= 0.6 is 7.80 Å². The van der Waals surface area contributed by atoms with Gasteiger partial charge in [-0.1, -0.05) is 66.7 Å². The fourth-order valence-electron chi connectivity index (χ4n) is 3.45. The Bertz CT molecular complexity index is 1040. The van der Waals surface area contributed by atoms with Crippen molar-refractivity contribution < 1.29 is 14.2 Å². The van der Waals surface area contributed by atoms with Gasteiger partial charge in [0.2, 0.25) is 5.52 Å². The Morgan fingerprint density at radius 2 is 1.26 bits per heavy atom. The van der Waals surface area contributed by atoms with Crippen LogP contribution in [-0.2, 0) is 4.57 Å². The van der Waals surface area contributed by atoms with Crippen molar-refractivity contribution in [2.24, 2.45) is 0 Å². The number of hydrogen-bond donors (Lipinski definition) is 0. The van der Waals surface area contributed by atoms with Gasteiger partial charge >= 0.3 is 0 Å². The van der Waals surface area contributed by atoms with Gasteiger partial charge in [-0.15, -0.1) is 0 Å². The molecule has 3 rings (SSSR count). The Labute approximate surface area is 159 Å². The van der Waals surface area contributed by atoms with Gasteiger partial charge in [0.15, 0.2) is 13.6 Å². The Morgan fingerprint density at radius 1 is 0.741 bits per heavy atom. The largest absolute Gasteiger partial charge is 0.313 e. The normalized spacial score (nSPS) is 11.8. The van der Waals surface area contributed by atoms with E-state index in [4.69, 9.17) is 0 Å². The average Bonchev–Trinajstić information content (AvgIpc) is 2.68. The number of carbonyl (C=O) groups excluding carboxylic acids is 2. The highest BCUT2D eigenvalue weighted by atomic mass is 31.1. The Balaban J connectivity index is 2.11. The second-order valence-corrected chi connectivity index (χ2v) is 8.29. The second-order valence-electron chi connectivity index (χ2n) is 6.60. The van der Waals surface area contributed by atoms with E-state index < -0.39 is 13.3 Å². The molecular formula is C23H21O3P. The lowest BCUT2D eigenvalue weighted by Gasteiger charge is -2.16. The van der Waals surface area contributed by atoms with Crippen molar-refractivity contribution >= 4 is 24.4 Å². The van der Waals surface area contributed by atoms with E-state index >= 15 is 0 Å². The van der Waals surface area contributed by atoms with Crippen molar-refractivity contribution in [1.82, 2.24) is 0 Å². The molecule has 0 amide bonds. The molecule has 136 valence electrons. The van der Waals surface area contributed by atoms with E-state index in [2.05, 4.69) is 0 Å². The van der Waals surface area contributed by atoms with Crippen molar-refractivity contribution in [2.45, 2.75) is 20.8 Å². The summed E-state index contributed by atoms with van der Waals surface area (Å²) in [5, 5.41) is 0.530. The summed E-state index contributed by atoms with van der Waals surface area (Å²) in [6.45, 7) is 5.46. The Morgan fingerprint density at radius 3 is 1.85 bits per heavy atom. The fourth-order valence-corrected chi connectivity index (χ4v) is 4.82. The SMILES string of the molecule is Cc1cc(C)c(C(=O)[PH](=O)c2ccccc2)c(C)c1C(=O)c1ccccc1. The predicted octanol–water partition coefficient (Wildman–Crippen LogP) is 4.87. The lowest BCUT2D eigenvalue weighted by Crippen LogP contribution is -2.13. The van der Waals surface area contributed by atoms with Crippen LogP contribution in [0.2, 0.25) is 0 Å². The molecule has 0 saturated heterocycles. The van der Waals surface area contributed by atoms with E-state index in [9.17, 15) is 14.2 Å². The lowest BCUT2D eigenvalue weighted by molar-refractivity contribution is 0.103. The minimum atomic E-state index is -2.66. The fraction of sp³-hybridized carbons (Fsp3) is 0.130. The number of rotatable bonds is 5. The van der Waals surface area contributed by atoms with Gasteiger partial charge in [-0.2, -0.15) is 0 Å². The molecule has 0 aliphatic carbocycles. The molecule has 3 aromatic rings. The third-order valence-electron chi connectivity index (χ3n) is 4.70. The molecule has 3 nitrogen and oxygen atoms in total. The quantitative estimate of drug-likeness (QED) is 0.472. The molecule has 0 radical (unpaired) electrons. The topological polar surface area (TPSA) is 51.2 Å². The standard InChI is InChI=1S/C23H21O3P/c1-15-14-16(2)21(23(25)27(26)19-12-8-5-9-13-19)17(3)20(15)22(24)18-10-6-4-7-11-18/h4-14,27H,1-3H3. The highest BCUT2D eigenvalue weighted by Gasteiger charge is 2.25. The molecule has 0 aromatic heterocycles. The van der Waals surface area contributed by atoms with Crippen LogP contribution in [0.4, 0.5) is 0 Å². The van der Waals surface area contributed by atoms with E-state index in [0.717, 1.165) is 11.1 Å².